The van der Waals surface area contributed by atoms with Crippen LogP contribution in [0, 0.1) is 18.3 Å². The molecule has 0 spiro atoms. The van der Waals surface area contributed by atoms with Crippen molar-refractivity contribution in [2.24, 2.45) is 0 Å². The summed E-state index contributed by atoms with van der Waals surface area (Å²) in [6, 6.07) is 7.57. The van der Waals surface area contributed by atoms with Gasteiger partial charge in [0.05, 0.1) is 6.07 Å². The number of aryl methyl sites for hydroxylation is 1. The second kappa shape index (κ2) is 6.08. The molecule has 2 rings (SSSR count). The SMILES string of the molecule is Cc1cc(Cl)ccc1C(=O)N(CC#N)C1CCCC1. The van der Waals surface area contributed by atoms with Crippen LogP contribution in [0.25, 0.3) is 0 Å². The minimum atomic E-state index is -0.0531. The van der Waals surface area contributed by atoms with Gasteiger partial charge < -0.3 is 4.90 Å². The first-order valence-electron chi connectivity index (χ1n) is 6.57. The number of nitrogens with zero attached hydrogens (tertiary/aromatic N) is 2. The van der Waals surface area contributed by atoms with Gasteiger partial charge in [-0.3, -0.25) is 4.79 Å². The third-order valence-corrected chi connectivity index (χ3v) is 3.92. The van der Waals surface area contributed by atoms with Gasteiger partial charge >= 0.3 is 0 Å². The van der Waals surface area contributed by atoms with Gasteiger partial charge in [0.25, 0.3) is 5.91 Å². The first-order chi connectivity index (χ1) is 9.13. The van der Waals surface area contributed by atoms with Crippen molar-refractivity contribution in [3.63, 3.8) is 0 Å². The highest BCUT2D eigenvalue weighted by molar-refractivity contribution is 6.30. The average molecular weight is 277 g/mol. The lowest BCUT2D eigenvalue weighted by molar-refractivity contribution is 0.0708. The van der Waals surface area contributed by atoms with E-state index in [0.29, 0.717) is 10.6 Å². The van der Waals surface area contributed by atoms with Crippen molar-refractivity contribution in [3.8, 4) is 6.07 Å². The van der Waals surface area contributed by atoms with Gasteiger partial charge in [-0.05, 0) is 43.5 Å². The molecule has 0 aromatic heterocycles. The van der Waals surface area contributed by atoms with Gasteiger partial charge in [0.1, 0.15) is 6.54 Å². The van der Waals surface area contributed by atoms with Crippen molar-refractivity contribution in [2.75, 3.05) is 6.54 Å². The molecule has 1 aromatic rings. The van der Waals surface area contributed by atoms with E-state index in [1.165, 1.54) is 0 Å². The Morgan fingerprint density at radius 3 is 2.74 bits per heavy atom. The molecule has 0 N–H and O–H groups in total. The minimum Gasteiger partial charge on any atom is -0.322 e. The quantitative estimate of drug-likeness (QED) is 0.793. The summed E-state index contributed by atoms with van der Waals surface area (Å²) in [6.07, 6.45) is 4.28. The summed E-state index contributed by atoms with van der Waals surface area (Å²) in [5, 5.41) is 9.57. The summed E-state index contributed by atoms with van der Waals surface area (Å²) in [5.41, 5.74) is 1.50. The lowest BCUT2D eigenvalue weighted by Crippen LogP contribution is -2.39. The molecule has 1 aromatic carbocycles. The number of carbonyl (C=O) groups is 1. The zero-order chi connectivity index (χ0) is 13.8. The highest BCUT2D eigenvalue weighted by Gasteiger charge is 2.27. The Labute approximate surface area is 118 Å². The van der Waals surface area contributed by atoms with E-state index in [9.17, 15) is 4.79 Å². The molecule has 0 atom stereocenters. The average Bonchev–Trinajstić information content (AvgIpc) is 2.89. The third-order valence-electron chi connectivity index (χ3n) is 3.69. The predicted molar refractivity (Wildman–Crippen MR) is 75.1 cm³/mol. The van der Waals surface area contributed by atoms with Crippen LogP contribution in [0.3, 0.4) is 0 Å². The normalized spacial score (nSPS) is 15.2. The van der Waals surface area contributed by atoms with Gasteiger partial charge in [-0.25, -0.2) is 0 Å². The zero-order valence-electron chi connectivity index (χ0n) is 11.0. The highest BCUT2D eigenvalue weighted by atomic mass is 35.5. The maximum atomic E-state index is 12.6. The molecule has 0 bridgehead atoms. The largest absolute Gasteiger partial charge is 0.322 e. The molecule has 0 unspecified atom stereocenters. The monoisotopic (exact) mass is 276 g/mol. The van der Waals surface area contributed by atoms with Gasteiger partial charge in [-0.2, -0.15) is 5.26 Å². The van der Waals surface area contributed by atoms with E-state index in [1.54, 1.807) is 23.1 Å². The standard InChI is InChI=1S/C15H17ClN2O/c1-11-10-12(16)6-7-14(11)15(19)18(9-8-17)13-4-2-3-5-13/h6-7,10,13H,2-5,9H2,1H3. The smallest absolute Gasteiger partial charge is 0.255 e. The second-order valence-electron chi connectivity index (χ2n) is 4.99. The Hall–Kier alpha value is -1.53. The Bertz CT molecular complexity index is 515. The van der Waals surface area contributed by atoms with E-state index in [2.05, 4.69) is 6.07 Å². The molecule has 0 saturated heterocycles. The lowest BCUT2D eigenvalue weighted by atomic mass is 10.1. The van der Waals surface area contributed by atoms with Gasteiger partial charge in [0.15, 0.2) is 0 Å². The maximum absolute atomic E-state index is 12.6. The summed E-state index contributed by atoms with van der Waals surface area (Å²) in [5.74, 6) is -0.0531. The molecule has 1 aliphatic carbocycles. The zero-order valence-corrected chi connectivity index (χ0v) is 11.8. The Morgan fingerprint density at radius 2 is 2.16 bits per heavy atom. The van der Waals surface area contributed by atoms with Gasteiger partial charge in [-0.1, -0.05) is 24.4 Å². The molecule has 1 fully saturated rings. The van der Waals surface area contributed by atoms with E-state index < -0.39 is 0 Å². The molecular weight excluding hydrogens is 260 g/mol. The molecule has 1 amide bonds. The summed E-state index contributed by atoms with van der Waals surface area (Å²) in [6.45, 7) is 2.03. The Balaban J connectivity index is 2.25. The van der Waals surface area contributed by atoms with E-state index in [4.69, 9.17) is 16.9 Å². The fourth-order valence-electron chi connectivity index (χ4n) is 2.68. The fraction of sp³-hybridized carbons (Fsp3) is 0.467. The predicted octanol–water partition coefficient (Wildman–Crippen LogP) is 3.56. The highest BCUT2D eigenvalue weighted by Crippen LogP contribution is 2.26. The van der Waals surface area contributed by atoms with Crippen molar-refractivity contribution in [2.45, 2.75) is 38.6 Å². The Kier molecular flexibility index (Phi) is 4.44. The van der Waals surface area contributed by atoms with E-state index in [-0.39, 0.29) is 18.5 Å². The van der Waals surface area contributed by atoms with Crippen molar-refractivity contribution >= 4 is 17.5 Å². The second-order valence-corrected chi connectivity index (χ2v) is 5.43. The summed E-state index contributed by atoms with van der Waals surface area (Å²) < 4.78 is 0. The molecule has 1 saturated carbocycles. The van der Waals surface area contributed by atoms with E-state index in [1.807, 2.05) is 6.92 Å². The van der Waals surface area contributed by atoms with Crippen molar-refractivity contribution < 1.29 is 4.79 Å². The van der Waals surface area contributed by atoms with Crippen LogP contribution in [-0.2, 0) is 0 Å². The van der Waals surface area contributed by atoms with E-state index >= 15 is 0 Å². The van der Waals surface area contributed by atoms with Crippen LogP contribution in [0.15, 0.2) is 18.2 Å². The third kappa shape index (κ3) is 3.08. The molecule has 19 heavy (non-hydrogen) atoms. The van der Waals surface area contributed by atoms with E-state index in [0.717, 1.165) is 31.2 Å². The fourth-order valence-corrected chi connectivity index (χ4v) is 2.91. The molecule has 1 aliphatic rings. The van der Waals surface area contributed by atoms with Crippen LogP contribution in [0.5, 0.6) is 0 Å². The number of halogens is 1. The van der Waals surface area contributed by atoms with Crippen LogP contribution in [-0.4, -0.2) is 23.4 Å². The lowest BCUT2D eigenvalue weighted by Gasteiger charge is -2.27. The van der Waals surface area contributed by atoms with Crippen molar-refractivity contribution in [1.82, 2.24) is 4.90 Å². The van der Waals surface area contributed by atoms with Crippen LogP contribution in [0.1, 0.15) is 41.6 Å². The van der Waals surface area contributed by atoms with Crippen LogP contribution >= 0.6 is 11.6 Å². The number of amides is 1. The molecular formula is C15H17ClN2O. The number of nitriles is 1. The molecule has 0 heterocycles. The first kappa shape index (κ1) is 13.9. The number of carbonyl (C=O) groups excluding carboxylic acids is 1. The minimum absolute atomic E-state index is 0.0531. The molecule has 4 heteroatoms. The van der Waals surface area contributed by atoms with Gasteiger partial charge in [0.2, 0.25) is 0 Å². The molecule has 100 valence electrons. The molecule has 0 aliphatic heterocycles. The molecule has 3 nitrogen and oxygen atoms in total. The van der Waals surface area contributed by atoms with Crippen molar-refractivity contribution in [3.05, 3.63) is 34.3 Å². The number of hydrogen-bond donors (Lipinski definition) is 0. The summed E-state index contributed by atoms with van der Waals surface area (Å²) in [4.78, 5) is 14.3. The number of rotatable bonds is 3. The van der Waals surface area contributed by atoms with Crippen LogP contribution in [0.2, 0.25) is 5.02 Å². The maximum Gasteiger partial charge on any atom is 0.255 e. The van der Waals surface area contributed by atoms with Gasteiger partial charge in [-0.15, -0.1) is 0 Å². The summed E-state index contributed by atoms with van der Waals surface area (Å²) in [7, 11) is 0. The molecule has 0 radical (unpaired) electrons. The first-order valence-corrected chi connectivity index (χ1v) is 6.95. The van der Waals surface area contributed by atoms with Gasteiger partial charge in [0, 0.05) is 16.6 Å². The van der Waals surface area contributed by atoms with Crippen LogP contribution < -0.4 is 0 Å². The van der Waals surface area contributed by atoms with Crippen molar-refractivity contribution in [1.29, 1.82) is 5.26 Å². The van der Waals surface area contributed by atoms with Crippen LogP contribution in [0.4, 0.5) is 0 Å². The summed E-state index contributed by atoms with van der Waals surface area (Å²) >= 11 is 5.91. The number of hydrogen-bond acceptors (Lipinski definition) is 2. The Morgan fingerprint density at radius 1 is 1.47 bits per heavy atom. The topological polar surface area (TPSA) is 44.1 Å². The number of benzene rings is 1.